The van der Waals surface area contributed by atoms with Gasteiger partial charge in [-0.3, -0.25) is 4.79 Å². The maximum Gasteiger partial charge on any atom is 0.152 e. The Balaban J connectivity index is 2.63. The third-order valence-corrected chi connectivity index (χ3v) is 2.57. The van der Waals surface area contributed by atoms with Crippen LogP contribution in [0.4, 0.5) is 5.69 Å². The molecule has 0 heterocycles. The molecule has 0 unspecified atom stereocenters. The quantitative estimate of drug-likeness (QED) is 0.525. The fourth-order valence-corrected chi connectivity index (χ4v) is 1.65. The van der Waals surface area contributed by atoms with Gasteiger partial charge in [0.05, 0.1) is 0 Å². The van der Waals surface area contributed by atoms with Gasteiger partial charge < -0.3 is 4.90 Å². The molecule has 0 amide bonds. The predicted octanol–water partition coefficient (Wildman–Crippen LogP) is 3.13. The number of unbranched alkanes of at least 4 members (excludes halogenated alkanes) is 2. The van der Waals surface area contributed by atoms with Crippen LogP contribution in [-0.4, -0.2) is 19.9 Å². The molecule has 0 aliphatic carbocycles. The monoisotopic (exact) mass is 205 g/mol. The summed E-state index contributed by atoms with van der Waals surface area (Å²) in [6, 6.07) is 7.72. The Labute approximate surface area is 91.9 Å². The third kappa shape index (κ3) is 3.39. The van der Waals surface area contributed by atoms with E-state index in [0.29, 0.717) is 0 Å². The molecule has 0 aliphatic rings. The summed E-state index contributed by atoms with van der Waals surface area (Å²) < 4.78 is 0. The van der Waals surface area contributed by atoms with Crippen LogP contribution in [0.2, 0.25) is 0 Å². The third-order valence-electron chi connectivity index (χ3n) is 2.57. The highest BCUT2D eigenvalue weighted by Crippen LogP contribution is 2.17. The van der Waals surface area contributed by atoms with Crippen LogP contribution in [-0.2, 0) is 0 Å². The second-order valence-electron chi connectivity index (χ2n) is 3.81. The van der Waals surface area contributed by atoms with Crippen molar-refractivity contribution in [2.45, 2.75) is 26.2 Å². The van der Waals surface area contributed by atoms with Crippen LogP contribution in [0.3, 0.4) is 0 Å². The van der Waals surface area contributed by atoms with Crippen molar-refractivity contribution < 1.29 is 4.79 Å². The molecule has 0 aromatic heterocycles. The predicted molar refractivity (Wildman–Crippen MR) is 64.6 cm³/mol. The highest BCUT2D eigenvalue weighted by Gasteiger charge is 2.04. The lowest BCUT2D eigenvalue weighted by Gasteiger charge is -2.20. The van der Waals surface area contributed by atoms with Gasteiger partial charge in [-0.1, -0.05) is 31.9 Å². The van der Waals surface area contributed by atoms with Gasteiger partial charge in [-0.05, 0) is 18.6 Å². The van der Waals surface area contributed by atoms with Crippen molar-refractivity contribution in [1.29, 1.82) is 0 Å². The van der Waals surface area contributed by atoms with Gasteiger partial charge in [0.1, 0.15) is 0 Å². The second kappa shape index (κ2) is 6.23. The lowest BCUT2D eigenvalue weighted by molar-refractivity contribution is 0.112. The molecule has 1 aromatic carbocycles. The molecule has 0 bridgehead atoms. The Kier molecular flexibility index (Phi) is 4.88. The number of nitrogens with zero attached hydrogens (tertiary/aromatic N) is 1. The van der Waals surface area contributed by atoms with Crippen LogP contribution in [0.5, 0.6) is 0 Å². The smallest absolute Gasteiger partial charge is 0.152 e. The largest absolute Gasteiger partial charge is 0.374 e. The van der Waals surface area contributed by atoms with E-state index >= 15 is 0 Å². The SMILES string of the molecule is CCCCCN(C)c1ccccc1C=O. The number of hydrogen-bond donors (Lipinski definition) is 0. The van der Waals surface area contributed by atoms with Gasteiger partial charge in [0.25, 0.3) is 0 Å². The molecule has 0 radical (unpaired) electrons. The Morgan fingerprint density at radius 3 is 2.67 bits per heavy atom. The van der Waals surface area contributed by atoms with Crippen molar-refractivity contribution in [3.05, 3.63) is 29.8 Å². The van der Waals surface area contributed by atoms with Crippen molar-refractivity contribution in [2.24, 2.45) is 0 Å². The average molecular weight is 205 g/mol. The van der Waals surface area contributed by atoms with Gasteiger partial charge in [0.15, 0.2) is 6.29 Å². The van der Waals surface area contributed by atoms with Crippen molar-refractivity contribution in [3.63, 3.8) is 0 Å². The minimum Gasteiger partial charge on any atom is -0.374 e. The first-order valence-electron chi connectivity index (χ1n) is 5.55. The second-order valence-corrected chi connectivity index (χ2v) is 3.81. The van der Waals surface area contributed by atoms with Crippen LogP contribution in [0, 0.1) is 0 Å². The number of rotatable bonds is 6. The summed E-state index contributed by atoms with van der Waals surface area (Å²) in [6.45, 7) is 3.21. The number of carbonyl (C=O) groups is 1. The summed E-state index contributed by atoms with van der Waals surface area (Å²) in [6.07, 6.45) is 4.57. The van der Waals surface area contributed by atoms with E-state index < -0.39 is 0 Å². The lowest BCUT2D eigenvalue weighted by atomic mass is 10.1. The van der Waals surface area contributed by atoms with Crippen molar-refractivity contribution in [2.75, 3.05) is 18.5 Å². The first-order chi connectivity index (χ1) is 7.29. The highest BCUT2D eigenvalue weighted by atomic mass is 16.1. The van der Waals surface area contributed by atoms with Gasteiger partial charge >= 0.3 is 0 Å². The maximum absolute atomic E-state index is 10.8. The summed E-state index contributed by atoms with van der Waals surface area (Å²) in [5, 5.41) is 0. The van der Waals surface area contributed by atoms with Crippen LogP contribution < -0.4 is 4.90 Å². The molecular formula is C13H19NO. The Bertz CT molecular complexity index is 309. The summed E-state index contributed by atoms with van der Waals surface area (Å²) >= 11 is 0. The molecule has 0 saturated carbocycles. The van der Waals surface area contributed by atoms with Crippen LogP contribution >= 0.6 is 0 Å². The first kappa shape index (κ1) is 11.8. The zero-order chi connectivity index (χ0) is 11.1. The topological polar surface area (TPSA) is 20.3 Å². The normalized spacial score (nSPS) is 10.0. The molecule has 15 heavy (non-hydrogen) atoms. The average Bonchev–Trinajstić information content (AvgIpc) is 2.29. The van der Waals surface area contributed by atoms with E-state index in [9.17, 15) is 4.79 Å². The van der Waals surface area contributed by atoms with Gasteiger partial charge in [-0.25, -0.2) is 0 Å². The van der Waals surface area contributed by atoms with Crippen molar-refractivity contribution in [3.8, 4) is 0 Å². The molecule has 1 aromatic rings. The van der Waals surface area contributed by atoms with E-state index in [4.69, 9.17) is 0 Å². The minimum absolute atomic E-state index is 0.775. The Hall–Kier alpha value is -1.31. The van der Waals surface area contributed by atoms with Gasteiger partial charge in [-0.2, -0.15) is 0 Å². The Morgan fingerprint density at radius 2 is 2.00 bits per heavy atom. The molecule has 2 nitrogen and oxygen atoms in total. The fourth-order valence-electron chi connectivity index (χ4n) is 1.65. The number of carbonyl (C=O) groups excluding carboxylic acids is 1. The zero-order valence-electron chi connectivity index (χ0n) is 9.57. The molecule has 1 rings (SSSR count). The molecular weight excluding hydrogens is 186 g/mol. The van der Waals surface area contributed by atoms with Crippen molar-refractivity contribution in [1.82, 2.24) is 0 Å². The highest BCUT2D eigenvalue weighted by molar-refractivity contribution is 5.84. The van der Waals surface area contributed by atoms with E-state index in [1.54, 1.807) is 0 Å². The number of hydrogen-bond acceptors (Lipinski definition) is 2. The molecule has 0 aliphatic heterocycles. The number of benzene rings is 1. The molecule has 0 N–H and O–H groups in total. The van der Waals surface area contributed by atoms with E-state index in [1.807, 2.05) is 31.3 Å². The number of para-hydroxylation sites is 1. The van der Waals surface area contributed by atoms with E-state index in [-0.39, 0.29) is 0 Å². The lowest BCUT2D eigenvalue weighted by Crippen LogP contribution is -2.19. The summed E-state index contributed by atoms with van der Waals surface area (Å²) in [7, 11) is 2.04. The summed E-state index contributed by atoms with van der Waals surface area (Å²) in [5.74, 6) is 0. The molecule has 0 atom stereocenters. The van der Waals surface area contributed by atoms with Gasteiger partial charge in [0, 0.05) is 24.8 Å². The van der Waals surface area contributed by atoms with Gasteiger partial charge in [-0.15, -0.1) is 0 Å². The first-order valence-corrected chi connectivity index (χ1v) is 5.55. The van der Waals surface area contributed by atoms with E-state index in [1.165, 1.54) is 19.3 Å². The molecule has 0 fully saturated rings. The molecule has 0 saturated heterocycles. The Morgan fingerprint density at radius 1 is 1.27 bits per heavy atom. The molecule has 82 valence electrons. The van der Waals surface area contributed by atoms with E-state index in [0.717, 1.165) is 24.1 Å². The summed E-state index contributed by atoms with van der Waals surface area (Å²) in [4.78, 5) is 13.0. The number of aldehydes is 1. The molecule has 2 heteroatoms. The van der Waals surface area contributed by atoms with Crippen LogP contribution in [0.15, 0.2) is 24.3 Å². The minimum atomic E-state index is 0.775. The standard InChI is InChI=1S/C13H19NO/c1-3-4-7-10-14(2)13-9-6-5-8-12(13)11-15/h5-6,8-9,11H,3-4,7,10H2,1-2H3. The van der Waals surface area contributed by atoms with Crippen LogP contribution in [0.1, 0.15) is 36.5 Å². The zero-order valence-corrected chi connectivity index (χ0v) is 9.57. The maximum atomic E-state index is 10.8. The van der Waals surface area contributed by atoms with E-state index in [2.05, 4.69) is 11.8 Å². The van der Waals surface area contributed by atoms with Crippen LogP contribution in [0.25, 0.3) is 0 Å². The van der Waals surface area contributed by atoms with Gasteiger partial charge in [0.2, 0.25) is 0 Å². The van der Waals surface area contributed by atoms with Crippen molar-refractivity contribution >= 4 is 12.0 Å². The fraction of sp³-hybridized carbons (Fsp3) is 0.462. The molecule has 0 spiro atoms. The summed E-state index contributed by atoms with van der Waals surface area (Å²) in [5.41, 5.74) is 1.81. The number of anilines is 1.